The summed E-state index contributed by atoms with van der Waals surface area (Å²) in [6.45, 7) is 0.674. The summed E-state index contributed by atoms with van der Waals surface area (Å²) >= 11 is 0. The molecule has 1 aromatic rings. The second-order valence-electron chi connectivity index (χ2n) is 3.95. The quantitative estimate of drug-likeness (QED) is 0.784. The van der Waals surface area contributed by atoms with Crippen molar-refractivity contribution in [1.29, 1.82) is 0 Å². The summed E-state index contributed by atoms with van der Waals surface area (Å²) in [6.07, 6.45) is 2.39. The van der Waals surface area contributed by atoms with E-state index in [1.807, 2.05) is 13.1 Å². The molecule has 0 fully saturated rings. The lowest BCUT2D eigenvalue weighted by molar-refractivity contribution is -0.118. The van der Waals surface area contributed by atoms with E-state index in [4.69, 9.17) is 5.73 Å². The minimum atomic E-state index is 0.203. The fourth-order valence-corrected chi connectivity index (χ4v) is 2.03. The molecule has 2 rings (SSSR count). The molecule has 0 bridgehead atoms. The monoisotopic (exact) mass is 204 g/mol. The molecule has 1 aromatic carbocycles. The maximum atomic E-state index is 11.5. The molecule has 3 nitrogen and oxygen atoms in total. The third kappa shape index (κ3) is 1.88. The van der Waals surface area contributed by atoms with E-state index >= 15 is 0 Å². The number of rotatable bonds is 2. The van der Waals surface area contributed by atoms with Gasteiger partial charge in [-0.15, -0.1) is 0 Å². The van der Waals surface area contributed by atoms with E-state index in [2.05, 4.69) is 12.1 Å². The van der Waals surface area contributed by atoms with E-state index in [9.17, 15) is 4.79 Å². The van der Waals surface area contributed by atoms with Gasteiger partial charge in [0.25, 0.3) is 0 Å². The fourth-order valence-electron chi connectivity index (χ4n) is 2.03. The Hall–Kier alpha value is -1.35. The van der Waals surface area contributed by atoms with Crippen molar-refractivity contribution < 1.29 is 4.79 Å². The molecule has 2 N–H and O–H groups in total. The standard InChI is InChI=1S/C12H16N2O/c1-14-11-4-2-9(6-7-13)8-10(11)3-5-12(14)15/h2,4,8H,3,5-7,13H2,1H3. The Balaban J connectivity index is 2.34. The van der Waals surface area contributed by atoms with Crippen LogP contribution in [0.1, 0.15) is 17.5 Å². The summed E-state index contributed by atoms with van der Waals surface area (Å²) in [5.74, 6) is 0.203. The number of fused-ring (bicyclic) bond motifs is 1. The number of aryl methyl sites for hydroxylation is 1. The van der Waals surface area contributed by atoms with Crippen molar-refractivity contribution in [2.24, 2.45) is 5.73 Å². The van der Waals surface area contributed by atoms with Gasteiger partial charge in [-0.2, -0.15) is 0 Å². The zero-order chi connectivity index (χ0) is 10.8. The van der Waals surface area contributed by atoms with E-state index in [0.717, 1.165) is 18.5 Å². The maximum absolute atomic E-state index is 11.5. The first-order chi connectivity index (χ1) is 7.22. The number of anilines is 1. The first-order valence-electron chi connectivity index (χ1n) is 5.31. The molecular formula is C12H16N2O. The lowest BCUT2D eigenvalue weighted by Crippen LogP contribution is -2.31. The van der Waals surface area contributed by atoms with Gasteiger partial charge in [-0.3, -0.25) is 4.79 Å². The number of carbonyl (C=O) groups excluding carboxylic acids is 1. The Kier molecular flexibility index (Phi) is 2.73. The lowest BCUT2D eigenvalue weighted by atomic mass is 9.98. The predicted octanol–water partition coefficient (Wildman–Crippen LogP) is 1.10. The summed E-state index contributed by atoms with van der Waals surface area (Å²) in [7, 11) is 1.84. The number of nitrogens with zero attached hydrogens (tertiary/aromatic N) is 1. The van der Waals surface area contributed by atoms with E-state index in [0.29, 0.717) is 13.0 Å². The van der Waals surface area contributed by atoms with Crippen LogP contribution in [0.3, 0.4) is 0 Å². The average Bonchev–Trinajstić information content (AvgIpc) is 2.24. The molecule has 0 atom stereocenters. The fraction of sp³-hybridized carbons (Fsp3) is 0.417. The molecular weight excluding hydrogens is 188 g/mol. The molecule has 15 heavy (non-hydrogen) atoms. The number of hydrogen-bond acceptors (Lipinski definition) is 2. The minimum Gasteiger partial charge on any atom is -0.330 e. The topological polar surface area (TPSA) is 46.3 Å². The summed E-state index contributed by atoms with van der Waals surface area (Å²) in [4.78, 5) is 13.2. The van der Waals surface area contributed by atoms with Crippen LogP contribution in [-0.4, -0.2) is 19.5 Å². The smallest absolute Gasteiger partial charge is 0.227 e. The van der Waals surface area contributed by atoms with Crippen LogP contribution in [0.4, 0.5) is 5.69 Å². The van der Waals surface area contributed by atoms with E-state index in [-0.39, 0.29) is 5.91 Å². The second kappa shape index (κ2) is 4.03. The van der Waals surface area contributed by atoms with Crippen molar-refractivity contribution >= 4 is 11.6 Å². The molecule has 0 saturated carbocycles. The highest BCUT2D eigenvalue weighted by atomic mass is 16.2. The Morgan fingerprint density at radius 1 is 1.40 bits per heavy atom. The van der Waals surface area contributed by atoms with Crippen LogP contribution in [0.5, 0.6) is 0 Å². The van der Waals surface area contributed by atoms with Gasteiger partial charge in [-0.05, 0) is 36.6 Å². The average molecular weight is 204 g/mol. The largest absolute Gasteiger partial charge is 0.330 e. The van der Waals surface area contributed by atoms with E-state index < -0.39 is 0 Å². The van der Waals surface area contributed by atoms with Gasteiger partial charge >= 0.3 is 0 Å². The Morgan fingerprint density at radius 3 is 2.93 bits per heavy atom. The third-order valence-electron chi connectivity index (χ3n) is 2.92. The van der Waals surface area contributed by atoms with Gasteiger partial charge in [0.05, 0.1) is 0 Å². The van der Waals surface area contributed by atoms with Gasteiger partial charge in [0.1, 0.15) is 0 Å². The summed E-state index contributed by atoms with van der Waals surface area (Å²) in [5.41, 5.74) is 9.10. The van der Waals surface area contributed by atoms with Crippen LogP contribution in [0.25, 0.3) is 0 Å². The van der Waals surface area contributed by atoms with Gasteiger partial charge in [0, 0.05) is 19.2 Å². The normalized spacial score (nSPS) is 15.3. The summed E-state index contributed by atoms with van der Waals surface area (Å²) in [6, 6.07) is 6.25. The van der Waals surface area contributed by atoms with Crippen molar-refractivity contribution in [1.82, 2.24) is 0 Å². The number of nitrogens with two attached hydrogens (primary N) is 1. The highest BCUT2D eigenvalue weighted by Crippen LogP contribution is 2.27. The molecule has 0 aliphatic carbocycles. The summed E-state index contributed by atoms with van der Waals surface area (Å²) < 4.78 is 0. The van der Waals surface area contributed by atoms with Gasteiger partial charge in [0.2, 0.25) is 5.91 Å². The Morgan fingerprint density at radius 2 is 2.20 bits per heavy atom. The van der Waals surface area contributed by atoms with Crippen LogP contribution in [-0.2, 0) is 17.6 Å². The van der Waals surface area contributed by atoms with Crippen molar-refractivity contribution in [2.75, 3.05) is 18.5 Å². The van der Waals surface area contributed by atoms with Crippen molar-refractivity contribution in [3.05, 3.63) is 29.3 Å². The Bertz CT molecular complexity index is 387. The zero-order valence-corrected chi connectivity index (χ0v) is 8.99. The van der Waals surface area contributed by atoms with Crippen molar-refractivity contribution in [3.8, 4) is 0 Å². The number of amides is 1. The second-order valence-corrected chi connectivity index (χ2v) is 3.95. The van der Waals surface area contributed by atoms with Crippen LogP contribution in [0.15, 0.2) is 18.2 Å². The highest BCUT2D eigenvalue weighted by molar-refractivity contribution is 5.95. The zero-order valence-electron chi connectivity index (χ0n) is 8.99. The van der Waals surface area contributed by atoms with Gasteiger partial charge in [-0.25, -0.2) is 0 Å². The van der Waals surface area contributed by atoms with Crippen LogP contribution < -0.4 is 10.6 Å². The minimum absolute atomic E-state index is 0.203. The molecule has 0 unspecified atom stereocenters. The summed E-state index contributed by atoms with van der Waals surface area (Å²) in [5, 5.41) is 0. The Labute approximate surface area is 89.9 Å². The van der Waals surface area contributed by atoms with Crippen molar-refractivity contribution in [3.63, 3.8) is 0 Å². The highest BCUT2D eigenvalue weighted by Gasteiger charge is 2.20. The van der Waals surface area contributed by atoms with Crippen molar-refractivity contribution in [2.45, 2.75) is 19.3 Å². The molecule has 0 aromatic heterocycles. The molecule has 1 aliphatic rings. The van der Waals surface area contributed by atoms with Crippen LogP contribution in [0.2, 0.25) is 0 Å². The molecule has 80 valence electrons. The SMILES string of the molecule is CN1C(=O)CCc2cc(CCN)ccc21. The predicted molar refractivity (Wildman–Crippen MR) is 60.9 cm³/mol. The molecule has 1 amide bonds. The maximum Gasteiger partial charge on any atom is 0.227 e. The van der Waals surface area contributed by atoms with Gasteiger partial charge in [0.15, 0.2) is 0 Å². The van der Waals surface area contributed by atoms with Crippen LogP contribution in [0, 0.1) is 0 Å². The number of hydrogen-bond donors (Lipinski definition) is 1. The van der Waals surface area contributed by atoms with Crippen LogP contribution >= 0.6 is 0 Å². The van der Waals surface area contributed by atoms with Gasteiger partial charge in [-0.1, -0.05) is 12.1 Å². The van der Waals surface area contributed by atoms with E-state index in [1.54, 1.807) is 4.90 Å². The van der Waals surface area contributed by atoms with Gasteiger partial charge < -0.3 is 10.6 Å². The third-order valence-corrected chi connectivity index (χ3v) is 2.92. The molecule has 1 aliphatic heterocycles. The molecule has 0 saturated heterocycles. The first-order valence-corrected chi connectivity index (χ1v) is 5.31. The molecule has 1 heterocycles. The number of carbonyl (C=O) groups is 1. The van der Waals surface area contributed by atoms with E-state index in [1.165, 1.54) is 11.1 Å². The molecule has 0 radical (unpaired) electrons. The lowest BCUT2D eigenvalue weighted by Gasteiger charge is -2.26. The molecule has 3 heteroatoms. The first kappa shape index (κ1) is 10.2. The number of benzene rings is 1. The molecule has 0 spiro atoms.